The van der Waals surface area contributed by atoms with Crippen LogP contribution in [0.3, 0.4) is 0 Å². The lowest BCUT2D eigenvalue weighted by Crippen LogP contribution is -2.56. The Kier molecular flexibility index (Phi) is 6.58. The van der Waals surface area contributed by atoms with Crippen LogP contribution >= 0.6 is 0 Å². The Morgan fingerprint density at radius 3 is 2.00 bits per heavy atom. The summed E-state index contributed by atoms with van der Waals surface area (Å²) in [6, 6.07) is 13.7. The quantitative estimate of drug-likeness (QED) is 0.752. The molecular weight excluding hydrogens is 387 g/mol. The second-order valence-electron chi connectivity index (χ2n) is 7.08. The zero-order chi connectivity index (χ0) is 21.0. The molecule has 0 bridgehead atoms. The molecule has 0 saturated carbocycles. The second-order valence-corrected chi connectivity index (χ2v) is 9.04. The number of rotatable bonds is 4. The molecule has 0 spiro atoms. The smallest absolute Gasteiger partial charge is 0.423 e. The third-order valence-corrected chi connectivity index (χ3v) is 5.52. The predicted octanol–water partition coefficient (Wildman–Crippen LogP) is 4.56. The van der Waals surface area contributed by atoms with E-state index < -0.39 is 27.4 Å². The van der Waals surface area contributed by atoms with Crippen molar-refractivity contribution >= 4 is 11.0 Å². The van der Waals surface area contributed by atoms with Gasteiger partial charge in [-0.2, -0.15) is 13.2 Å². The maximum Gasteiger partial charge on any atom is 0.423 e. The van der Waals surface area contributed by atoms with E-state index in [0.717, 1.165) is 0 Å². The number of methoxy groups -OCH3 is 1. The van der Waals surface area contributed by atoms with Gasteiger partial charge in [0, 0.05) is 5.56 Å². The van der Waals surface area contributed by atoms with Crippen LogP contribution in [0.25, 0.3) is 0 Å². The van der Waals surface area contributed by atoms with E-state index in [0.29, 0.717) is 11.3 Å². The third kappa shape index (κ3) is 4.94. The topological polar surface area (TPSA) is 38.3 Å². The van der Waals surface area contributed by atoms with Gasteiger partial charge >= 0.3 is 6.18 Å². The minimum absolute atomic E-state index is 0.165. The molecule has 1 N–H and O–H groups in total. The van der Waals surface area contributed by atoms with Gasteiger partial charge in [-0.3, -0.25) is 0 Å². The summed E-state index contributed by atoms with van der Waals surface area (Å²) < 4.78 is 62.1. The zero-order valence-electron chi connectivity index (χ0n) is 16.1. The molecule has 0 fully saturated rings. The van der Waals surface area contributed by atoms with Crippen LogP contribution in [0.4, 0.5) is 13.2 Å². The van der Waals surface area contributed by atoms with E-state index in [4.69, 9.17) is 4.74 Å². The standard InChI is InChI=1S/C21H22F3NO2S/c1-19(2,3)28(26)25-20(21(22,23)24,15-14-16-8-6-5-7-9-16)17-10-12-18(27-4)13-11-17/h5-13,25H,1-4H3/t20-,28-/m0/s1. The fourth-order valence-electron chi connectivity index (χ4n) is 2.27. The number of nitrogens with one attached hydrogen (secondary N) is 1. The van der Waals surface area contributed by atoms with Gasteiger partial charge in [-0.15, -0.1) is 0 Å². The lowest BCUT2D eigenvalue weighted by atomic mass is 9.90. The second kappa shape index (κ2) is 8.38. The van der Waals surface area contributed by atoms with Crippen molar-refractivity contribution in [3.8, 4) is 17.6 Å². The van der Waals surface area contributed by atoms with Crippen molar-refractivity contribution in [3.63, 3.8) is 0 Å². The molecule has 3 nitrogen and oxygen atoms in total. The first-order valence-electron chi connectivity index (χ1n) is 8.49. The molecule has 0 unspecified atom stereocenters. The molecule has 7 heteroatoms. The first-order chi connectivity index (χ1) is 13.0. The van der Waals surface area contributed by atoms with Crippen molar-refractivity contribution < 1.29 is 22.1 Å². The Bertz CT molecular complexity index is 878. The number of benzene rings is 2. The first kappa shape index (κ1) is 22.0. The van der Waals surface area contributed by atoms with E-state index in [1.165, 1.54) is 31.4 Å². The normalized spacial score (nSPS) is 15.1. The van der Waals surface area contributed by atoms with Crippen LogP contribution in [-0.4, -0.2) is 22.2 Å². The van der Waals surface area contributed by atoms with Gasteiger partial charge in [0.1, 0.15) is 5.75 Å². The summed E-state index contributed by atoms with van der Waals surface area (Å²) in [4.78, 5) is 0. The molecule has 0 aliphatic heterocycles. The van der Waals surface area contributed by atoms with E-state index in [1.807, 2.05) is 0 Å². The van der Waals surface area contributed by atoms with Gasteiger partial charge in [-0.05, 0) is 50.6 Å². The molecule has 0 radical (unpaired) electrons. The number of hydrogen-bond donors (Lipinski definition) is 1. The Hall–Kier alpha value is -2.30. The zero-order valence-corrected chi connectivity index (χ0v) is 16.9. The van der Waals surface area contributed by atoms with Crippen LogP contribution < -0.4 is 9.46 Å². The maximum absolute atomic E-state index is 14.4. The summed E-state index contributed by atoms with van der Waals surface area (Å²) in [5, 5.41) is 0. The third-order valence-electron chi connectivity index (χ3n) is 3.92. The average molecular weight is 409 g/mol. The summed E-state index contributed by atoms with van der Waals surface area (Å²) in [6.07, 6.45) is -4.83. The van der Waals surface area contributed by atoms with Crippen LogP contribution in [0.15, 0.2) is 54.6 Å². The highest BCUT2D eigenvalue weighted by molar-refractivity contribution is 7.84. The van der Waals surface area contributed by atoms with Crippen LogP contribution in [0.2, 0.25) is 0 Å². The molecule has 2 aromatic carbocycles. The van der Waals surface area contributed by atoms with Crippen molar-refractivity contribution in [3.05, 3.63) is 65.7 Å². The molecular formula is C21H22F3NO2S. The molecule has 0 amide bonds. The Morgan fingerprint density at radius 2 is 1.54 bits per heavy atom. The van der Waals surface area contributed by atoms with Gasteiger partial charge in [-0.25, -0.2) is 8.93 Å². The monoisotopic (exact) mass is 409 g/mol. The molecule has 0 saturated heterocycles. The molecule has 0 aliphatic rings. The summed E-state index contributed by atoms with van der Waals surface area (Å²) in [6.45, 7) is 4.78. The minimum Gasteiger partial charge on any atom is -0.497 e. The van der Waals surface area contributed by atoms with Gasteiger partial charge in [0.25, 0.3) is 0 Å². The van der Waals surface area contributed by atoms with Crippen LogP contribution in [0, 0.1) is 11.8 Å². The van der Waals surface area contributed by atoms with E-state index in [-0.39, 0.29) is 5.56 Å². The van der Waals surface area contributed by atoms with E-state index in [1.54, 1.807) is 51.1 Å². The highest BCUT2D eigenvalue weighted by Gasteiger charge is 2.57. The van der Waals surface area contributed by atoms with Crippen molar-refractivity contribution in [2.24, 2.45) is 0 Å². The van der Waals surface area contributed by atoms with Gasteiger partial charge in [-0.1, -0.05) is 42.2 Å². The number of hydrogen-bond acceptors (Lipinski definition) is 2. The molecule has 2 atom stereocenters. The number of halogens is 3. The van der Waals surface area contributed by atoms with Gasteiger partial charge in [0.05, 0.1) is 22.8 Å². The molecule has 0 aromatic heterocycles. The maximum atomic E-state index is 14.4. The summed E-state index contributed by atoms with van der Waals surface area (Å²) in [7, 11) is -0.598. The highest BCUT2D eigenvalue weighted by atomic mass is 32.2. The molecule has 0 heterocycles. The fraction of sp³-hybridized carbons (Fsp3) is 0.333. The largest absolute Gasteiger partial charge is 0.497 e. The molecule has 2 aromatic rings. The Morgan fingerprint density at radius 1 is 0.964 bits per heavy atom. The van der Waals surface area contributed by atoms with E-state index in [9.17, 15) is 17.4 Å². The first-order valence-corrected chi connectivity index (χ1v) is 9.64. The molecule has 150 valence electrons. The van der Waals surface area contributed by atoms with Gasteiger partial charge in [0.15, 0.2) is 0 Å². The van der Waals surface area contributed by atoms with Crippen molar-refractivity contribution in [1.82, 2.24) is 4.72 Å². The molecule has 2 rings (SSSR count). The van der Waals surface area contributed by atoms with Crippen molar-refractivity contribution in [1.29, 1.82) is 0 Å². The lowest BCUT2D eigenvalue weighted by Gasteiger charge is -2.34. The predicted molar refractivity (Wildman–Crippen MR) is 105 cm³/mol. The van der Waals surface area contributed by atoms with Crippen LogP contribution in [0.5, 0.6) is 5.75 Å². The van der Waals surface area contributed by atoms with Gasteiger partial charge in [0.2, 0.25) is 5.54 Å². The number of alkyl halides is 3. The van der Waals surface area contributed by atoms with Crippen molar-refractivity contribution in [2.75, 3.05) is 7.11 Å². The summed E-state index contributed by atoms with van der Waals surface area (Å²) >= 11 is 0. The average Bonchev–Trinajstić information content (AvgIpc) is 2.64. The Balaban J connectivity index is 2.68. The molecule has 0 aliphatic carbocycles. The van der Waals surface area contributed by atoms with Gasteiger partial charge < -0.3 is 4.74 Å². The Labute approximate surface area is 165 Å². The lowest BCUT2D eigenvalue weighted by molar-refractivity contribution is -0.176. The van der Waals surface area contributed by atoms with E-state index >= 15 is 0 Å². The molecule has 28 heavy (non-hydrogen) atoms. The SMILES string of the molecule is COc1ccc([C@](C#Cc2ccccc2)(N[S@@](=O)C(C)(C)C)C(F)(F)F)cc1. The van der Waals surface area contributed by atoms with Crippen LogP contribution in [-0.2, 0) is 16.5 Å². The number of ether oxygens (including phenoxy) is 1. The van der Waals surface area contributed by atoms with Crippen LogP contribution in [0.1, 0.15) is 31.9 Å². The summed E-state index contributed by atoms with van der Waals surface area (Å²) in [5.74, 6) is 5.31. The summed E-state index contributed by atoms with van der Waals surface area (Å²) in [5.41, 5.74) is -2.55. The highest BCUT2D eigenvalue weighted by Crippen LogP contribution is 2.40. The fourth-order valence-corrected chi connectivity index (χ4v) is 3.14. The van der Waals surface area contributed by atoms with Crippen molar-refractivity contribution in [2.45, 2.75) is 37.2 Å². The van der Waals surface area contributed by atoms with E-state index in [2.05, 4.69) is 16.6 Å². The minimum atomic E-state index is -4.83.